The second-order valence-electron chi connectivity index (χ2n) is 8.39. The molecule has 0 spiro atoms. The van der Waals surface area contributed by atoms with Crippen LogP contribution in [0.3, 0.4) is 0 Å². The number of nitro groups is 1. The maximum atomic E-state index is 12.3. The van der Waals surface area contributed by atoms with E-state index in [1.807, 2.05) is 6.92 Å². The van der Waals surface area contributed by atoms with E-state index in [9.17, 15) is 34.1 Å². The fraction of sp³-hybridized carbons (Fsp3) is 0.560. The minimum atomic E-state index is -1.18. The monoisotopic (exact) mass is 568 g/mol. The summed E-state index contributed by atoms with van der Waals surface area (Å²) >= 11 is 0. The van der Waals surface area contributed by atoms with Gasteiger partial charge in [-0.05, 0) is 52.3 Å². The Morgan fingerprint density at radius 2 is 1.77 bits per heavy atom. The number of unbranched alkanes of at least 4 members (excludes halogenated alkanes) is 1. The van der Waals surface area contributed by atoms with Crippen molar-refractivity contribution in [3.8, 4) is 5.75 Å². The van der Waals surface area contributed by atoms with Crippen molar-refractivity contribution in [2.75, 3.05) is 33.3 Å². The highest BCUT2D eigenvalue weighted by Gasteiger charge is 2.24. The summed E-state index contributed by atoms with van der Waals surface area (Å²) in [5.74, 6) is -2.20. The minimum Gasteiger partial charge on any atom is -0.493 e. The van der Waals surface area contributed by atoms with E-state index >= 15 is 0 Å². The van der Waals surface area contributed by atoms with Gasteiger partial charge >= 0.3 is 5.97 Å². The van der Waals surface area contributed by atoms with Gasteiger partial charge in [0.1, 0.15) is 18.3 Å². The zero-order valence-corrected chi connectivity index (χ0v) is 23.1. The number of carboxylic acid groups (broad SMARTS) is 1. The molecule has 15 nitrogen and oxygen atoms in total. The molecule has 3 amide bonds. The number of nitrogens with zero attached hydrogens (tertiary/aromatic N) is 1. The summed E-state index contributed by atoms with van der Waals surface area (Å²) in [7, 11) is 1.68. The molecule has 1 rings (SSSR count). The van der Waals surface area contributed by atoms with Crippen LogP contribution in [0.2, 0.25) is 0 Å². The molecule has 1 aromatic rings. The van der Waals surface area contributed by atoms with Gasteiger partial charge in [-0.2, -0.15) is 0 Å². The van der Waals surface area contributed by atoms with Gasteiger partial charge in [0.2, 0.25) is 17.7 Å². The summed E-state index contributed by atoms with van der Waals surface area (Å²) in [4.78, 5) is 66.9. The van der Waals surface area contributed by atoms with Gasteiger partial charge in [0.15, 0.2) is 6.29 Å². The molecule has 0 radical (unpaired) electrons. The van der Waals surface area contributed by atoms with Crippen molar-refractivity contribution in [2.24, 2.45) is 5.73 Å². The number of likely N-dealkylation sites (N-methyl/N-ethyl adjacent to an activating group) is 1. The third-order valence-electron chi connectivity index (χ3n) is 5.31. The largest absolute Gasteiger partial charge is 0.493 e. The van der Waals surface area contributed by atoms with Gasteiger partial charge in [-0.3, -0.25) is 34.1 Å². The Hall–Kier alpha value is -4.11. The number of ether oxygens (including phenoxy) is 1. The first kappa shape index (κ1) is 35.9. The number of non-ortho nitro benzene ring substituents is 1. The maximum absolute atomic E-state index is 12.3. The SMILES string of the molecule is CCCC(NC)C(=O)NC(CCCCN)C(=O)NCC(=O)NCC(=O)O.CCOc1ccc([N+](=O)[O-])cc1C=O. The number of carbonyl (C=O) groups is 5. The molecular weight excluding hydrogens is 528 g/mol. The summed E-state index contributed by atoms with van der Waals surface area (Å²) < 4.78 is 5.11. The van der Waals surface area contributed by atoms with Crippen LogP contribution in [-0.4, -0.2) is 85.4 Å². The lowest BCUT2D eigenvalue weighted by atomic mass is 10.1. The van der Waals surface area contributed by atoms with Gasteiger partial charge in [0.25, 0.3) is 5.69 Å². The van der Waals surface area contributed by atoms with E-state index in [0.29, 0.717) is 50.9 Å². The predicted molar refractivity (Wildman–Crippen MR) is 146 cm³/mol. The van der Waals surface area contributed by atoms with Crippen LogP contribution in [-0.2, 0) is 19.2 Å². The number of hydrogen-bond donors (Lipinski definition) is 6. The summed E-state index contributed by atoms with van der Waals surface area (Å²) in [6, 6.07) is 2.74. The highest BCUT2D eigenvalue weighted by Crippen LogP contribution is 2.22. The number of benzene rings is 1. The van der Waals surface area contributed by atoms with E-state index in [1.165, 1.54) is 18.2 Å². The van der Waals surface area contributed by atoms with Crippen LogP contribution in [0.15, 0.2) is 18.2 Å². The molecule has 224 valence electrons. The van der Waals surface area contributed by atoms with E-state index in [0.717, 1.165) is 6.42 Å². The Labute approximate surface area is 232 Å². The number of carboxylic acids is 1. The Kier molecular flexibility index (Phi) is 18.7. The van der Waals surface area contributed by atoms with E-state index in [-0.39, 0.29) is 23.7 Å². The average Bonchev–Trinajstić information content (AvgIpc) is 2.93. The van der Waals surface area contributed by atoms with Gasteiger partial charge in [0, 0.05) is 12.1 Å². The summed E-state index contributed by atoms with van der Waals surface area (Å²) in [5.41, 5.74) is 5.54. The van der Waals surface area contributed by atoms with Crippen LogP contribution >= 0.6 is 0 Å². The molecular formula is C25H40N6O9. The van der Waals surface area contributed by atoms with Crippen molar-refractivity contribution < 1.29 is 38.7 Å². The summed E-state index contributed by atoms with van der Waals surface area (Å²) in [6.07, 6.45) is 3.75. The smallest absolute Gasteiger partial charge is 0.322 e. The lowest BCUT2D eigenvalue weighted by Crippen LogP contribution is -2.53. The highest BCUT2D eigenvalue weighted by molar-refractivity contribution is 5.92. The second-order valence-corrected chi connectivity index (χ2v) is 8.39. The molecule has 0 aromatic heterocycles. The molecule has 7 N–H and O–H groups in total. The molecule has 2 unspecified atom stereocenters. The lowest BCUT2D eigenvalue weighted by molar-refractivity contribution is -0.384. The zero-order valence-electron chi connectivity index (χ0n) is 23.1. The third kappa shape index (κ3) is 14.7. The van der Waals surface area contributed by atoms with Crippen LogP contribution in [0.5, 0.6) is 5.75 Å². The number of amides is 3. The van der Waals surface area contributed by atoms with Crippen molar-refractivity contribution >= 4 is 35.7 Å². The fourth-order valence-electron chi connectivity index (χ4n) is 3.28. The Morgan fingerprint density at radius 3 is 2.30 bits per heavy atom. The van der Waals surface area contributed by atoms with E-state index < -0.39 is 41.3 Å². The quantitative estimate of drug-likeness (QED) is 0.0602. The number of aldehydes is 1. The standard InChI is InChI=1S/C16H31N5O5.C9H9NO4/c1-3-6-11(18-2)16(26)21-12(7-4-5-8-17)15(25)20-9-13(22)19-10-14(23)24;1-2-14-9-4-3-8(10(12)13)5-7(9)6-11/h11-12,18H,3-10,17H2,1-2H3,(H,19,22)(H,20,25)(H,21,26)(H,23,24);3-6H,2H2,1H3. The van der Waals surface area contributed by atoms with Crippen LogP contribution in [0, 0.1) is 10.1 Å². The molecule has 2 atom stereocenters. The normalized spacial score (nSPS) is 11.6. The summed E-state index contributed by atoms with van der Waals surface area (Å²) in [6.45, 7) is 3.74. The van der Waals surface area contributed by atoms with Gasteiger partial charge in [-0.1, -0.05) is 13.3 Å². The third-order valence-corrected chi connectivity index (χ3v) is 5.31. The number of aliphatic carboxylic acids is 1. The molecule has 0 fully saturated rings. The van der Waals surface area contributed by atoms with Crippen molar-refractivity contribution in [1.29, 1.82) is 0 Å². The molecule has 1 aromatic carbocycles. The van der Waals surface area contributed by atoms with Crippen molar-refractivity contribution in [3.05, 3.63) is 33.9 Å². The molecule has 0 heterocycles. The number of hydrogen-bond acceptors (Lipinski definition) is 10. The van der Waals surface area contributed by atoms with Gasteiger partial charge < -0.3 is 36.8 Å². The lowest BCUT2D eigenvalue weighted by Gasteiger charge is -2.22. The van der Waals surface area contributed by atoms with Crippen molar-refractivity contribution in [2.45, 2.75) is 58.0 Å². The van der Waals surface area contributed by atoms with Crippen molar-refractivity contribution in [1.82, 2.24) is 21.3 Å². The topological polar surface area (TPSA) is 232 Å². The number of nitrogens with two attached hydrogens (primary N) is 1. The first-order valence-electron chi connectivity index (χ1n) is 12.8. The molecule has 0 saturated heterocycles. The van der Waals surface area contributed by atoms with Crippen LogP contribution < -0.4 is 31.7 Å². The Bertz CT molecular complexity index is 990. The van der Waals surface area contributed by atoms with Crippen LogP contribution in [0.4, 0.5) is 5.69 Å². The molecule has 0 bridgehead atoms. The van der Waals surface area contributed by atoms with E-state index in [4.69, 9.17) is 15.6 Å². The highest BCUT2D eigenvalue weighted by atomic mass is 16.6. The maximum Gasteiger partial charge on any atom is 0.322 e. The number of nitrogens with one attached hydrogen (secondary N) is 4. The predicted octanol–water partition coefficient (Wildman–Crippen LogP) is 0.111. The Balaban J connectivity index is 0.000000906. The molecule has 0 saturated carbocycles. The summed E-state index contributed by atoms with van der Waals surface area (Å²) in [5, 5.41) is 29.1. The van der Waals surface area contributed by atoms with E-state index in [2.05, 4.69) is 21.3 Å². The first-order chi connectivity index (χ1) is 19.0. The van der Waals surface area contributed by atoms with Crippen LogP contribution in [0.25, 0.3) is 0 Å². The number of carbonyl (C=O) groups excluding carboxylic acids is 4. The van der Waals surface area contributed by atoms with Crippen molar-refractivity contribution in [3.63, 3.8) is 0 Å². The van der Waals surface area contributed by atoms with E-state index in [1.54, 1.807) is 14.0 Å². The molecule has 0 aliphatic carbocycles. The number of rotatable bonds is 18. The fourth-order valence-corrected chi connectivity index (χ4v) is 3.28. The number of nitro benzene ring substituents is 1. The minimum absolute atomic E-state index is 0.115. The van der Waals surface area contributed by atoms with Crippen LogP contribution in [0.1, 0.15) is 56.3 Å². The van der Waals surface area contributed by atoms with Gasteiger partial charge in [-0.25, -0.2) is 0 Å². The van der Waals surface area contributed by atoms with Gasteiger partial charge in [-0.15, -0.1) is 0 Å². The second kappa shape index (κ2) is 20.8. The molecule has 0 aliphatic heterocycles. The van der Waals surface area contributed by atoms with Gasteiger partial charge in [0.05, 0.1) is 29.7 Å². The molecule has 40 heavy (non-hydrogen) atoms. The molecule has 15 heteroatoms. The first-order valence-corrected chi connectivity index (χ1v) is 12.8. The average molecular weight is 569 g/mol. The Morgan fingerprint density at radius 1 is 1.07 bits per heavy atom. The molecule has 0 aliphatic rings. The zero-order chi connectivity index (χ0) is 30.5.